The van der Waals surface area contributed by atoms with Crippen LogP contribution in [0.15, 0.2) is 18.2 Å². The summed E-state index contributed by atoms with van der Waals surface area (Å²) in [5, 5.41) is 1.80. The molecule has 0 fully saturated rings. The van der Waals surface area contributed by atoms with Gasteiger partial charge >= 0.3 is 0 Å². The van der Waals surface area contributed by atoms with Crippen LogP contribution in [0.4, 0.5) is 0 Å². The Morgan fingerprint density at radius 1 is 1.15 bits per heavy atom. The van der Waals surface area contributed by atoms with Gasteiger partial charge in [-0.1, -0.05) is 50.1 Å². The lowest BCUT2D eigenvalue weighted by atomic mass is 10.1. The molecule has 0 aliphatic rings. The highest BCUT2D eigenvalue weighted by atomic mass is 79.9. The first-order chi connectivity index (χ1) is 6.31. The molecule has 0 saturated carbocycles. The summed E-state index contributed by atoms with van der Waals surface area (Å²) in [4.78, 5) is 0. The first kappa shape index (κ1) is 11.2. The number of methoxy groups -OCH3 is 1. The predicted octanol–water partition coefficient (Wildman–Crippen LogP) is 3.62. The van der Waals surface area contributed by atoms with Crippen LogP contribution in [0, 0.1) is 0 Å². The molecule has 0 aromatic heterocycles. The van der Waals surface area contributed by atoms with E-state index in [0.29, 0.717) is 6.61 Å². The van der Waals surface area contributed by atoms with Crippen LogP contribution >= 0.6 is 31.9 Å². The van der Waals surface area contributed by atoms with Gasteiger partial charge in [-0.05, 0) is 16.7 Å². The van der Waals surface area contributed by atoms with Gasteiger partial charge in [-0.25, -0.2) is 0 Å². The van der Waals surface area contributed by atoms with Gasteiger partial charge < -0.3 is 4.74 Å². The van der Waals surface area contributed by atoms with E-state index in [1.807, 2.05) is 0 Å². The number of alkyl halides is 2. The fourth-order valence-corrected chi connectivity index (χ4v) is 2.26. The highest BCUT2D eigenvalue weighted by Gasteiger charge is 2.01. The van der Waals surface area contributed by atoms with E-state index < -0.39 is 0 Å². The molecule has 1 rings (SSSR count). The normalized spacial score (nSPS) is 10.4. The standard InChI is InChI=1S/C10H12Br2O/c1-13-7-8-2-3-9(5-11)10(4-8)6-12/h2-4H,5-7H2,1H3. The van der Waals surface area contributed by atoms with Crippen LogP contribution in [0.5, 0.6) is 0 Å². The Kier molecular flexibility index (Phi) is 4.99. The van der Waals surface area contributed by atoms with Crippen molar-refractivity contribution in [2.24, 2.45) is 0 Å². The van der Waals surface area contributed by atoms with Gasteiger partial charge in [0.1, 0.15) is 0 Å². The van der Waals surface area contributed by atoms with Crippen molar-refractivity contribution in [3.05, 3.63) is 34.9 Å². The van der Waals surface area contributed by atoms with E-state index in [-0.39, 0.29) is 0 Å². The molecule has 0 aliphatic heterocycles. The Bertz CT molecular complexity index is 274. The average molecular weight is 308 g/mol. The van der Waals surface area contributed by atoms with Gasteiger partial charge in [0, 0.05) is 17.8 Å². The zero-order chi connectivity index (χ0) is 9.68. The number of ether oxygens (including phenoxy) is 1. The lowest BCUT2D eigenvalue weighted by molar-refractivity contribution is 0.185. The van der Waals surface area contributed by atoms with Crippen LogP contribution in [-0.4, -0.2) is 7.11 Å². The summed E-state index contributed by atoms with van der Waals surface area (Å²) in [6.07, 6.45) is 0. The lowest BCUT2D eigenvalue weighted by Crippen LogP contribution is -1.93. The van der Waals surface area contributed by atoms with Crippen molar-refractivity contribution in [3.8, 4) is 0 Å². The van der Waals surface area contributed by atoms with Crippen LogP contribution in [-0.2, 0) is 22.0 Å². The molecule has 72 valence electrons. The Morgan fingerprint density at radius 3 is 2.38 bits per heavy atom. The predicted molar refractivity (Wildman–Crippen MR) is 62.4 cm³/mol. The second-order valence-corrected chi connectivity index (χ2v) is 3.92. The van der Waals surface area contributed by atoms with E-state index in [9.17, 15) is 0 Å². The third kappa shape index (κ3) is 3.08. The SMILES string of the molecule is COCc1ccc(CBr)c(CBr)c1. The van der Waals surface area contributed by atoms with Crippen LogP contribution in [0.1, 0.15) is 16.7 Å². The summed E-state index contributed by atoms with van der Waals surface area (Å²) in [7, 11) is 1.71. The zero-order valence-electron chi connectivity index (χ0n) is 7.52. The molecule has 0 atom stereocenters. The van der Waals surface area contributed by atoms with E-state index in [4.69, 9.17) is 4.74 Å². The molecule has 0 unspecified atom stereocenters. The van der Waals surface area contributed by atoms with E-state index in [2.05, 4.69) is 50.1 Å². The second-order valence-electron chi connectivity index (χ2n) is 2.80. The summed E-state index contributed by atoms with van der Waals surface area (Å²) < 4.78 is 5.07. The van der Waals surface area contributed by atoms with Crippen molar-refractivity contribution in [1.29, 1.82) is 0 Å². The molecule has 0 spiro atoms. The summed E-state index contributed by atoms with van der Waals surface area (Å²) in [5.41, 5.74) is 3.88. The number of hydrogen-bond donors (Lipinski definition) is 0. The minimum absolute atomic E-state index is 0.683. The van der Waals surface area contributed by atoms with Crippen molar-refractivity contribution < 1.29 is 4.74 Å². The monoisotopic (exact) mass is 306 g/mol. The highest BCUT2D eigenvalue weighted by molar-refractivity contribution is 9.09. The number of rotatable bonds is 4. The van der Waals surface area contributed by atoms with Gasteiger partial charge in [0.25, 0.3) is 0 Å². The Balaban J connectivity index is 2.91. The smallest absolute Gasteiger partial charge is 0.0713 e. The highest BCUT2D eigenvalue weighted by Crippen LogP contribution is 2.18. The Morgan fingerprint density at radius 2 is 1.85 bits per heavy atom. The summed E-state index contributed by atoms with van der Waals surface area (Å²) in [5.74, 6) is 0. The average Bonchev–Trinajstić information content (AvgIpc) is 2.18. The third-order valence-corrected chi connectivity index (χ3v) is 3.08. The molecule has 0 radical (unpaired) electrons. The summed E-state index contributed by atoms with van der Waals surface area (Å²) in [6, 6.07) is 6.42. The maximum Gasteiger partial charge on any atom is 0.0713 e. The molecule has 0 N–H and O–H groups in total. The molecule has 1 aromatic rings. The van der Waals surface area contributed by atoms with Gasteiger partial charge in [0.2, 0.25) is 0 Å². The van der Waals surface area contributed by atoms with Crippen molar-refractivity contribution in [1.82, 2.24) is 0 Å². The van der Waals surface area contributed by atoms with Crippen molar-refractivity contribution in [3.63, 3.8) is 0 Å². The second kappa shape index (κ2) is 5.78. The van der Waals surface area contributed by atoms with Crippen molar-refractivity contribution in [2.75, 3.05) is 7.11 Å². The fourth-order valence-electron chi connectivity index (χ4n) is 1.19. The summed E-state index contributed by atoms with van der Waals surface area (Å²) >= 11 is 6.93. The minimum Gasteiger partial charge on any atom is -0.380 e. The maximum absolute atomic E-state index is 5.07. The van der Waals surface area contributed by atoms with Crippen LogP contribution in [0.2, 0.25) is 0 Å². The molecule has 1 nitrogen and oxygen atoms in total. The fraction of sp³-hybridized carbons (Fsp3) is 0.400. The van der Waals surface area contributed by atoms with Gasteiger partial charge in [-0.15, -0.1) is 0 Å². The molecule has 0 amide bonds. The van der Waals surface area contributed by atoms with Gasteiger partial charge in [0.05, 0.1) is 6.61 Å². The molecular weight excluding hydrogens is 296 g/mol. The molecule has 3 heteroatoms. The van der Waals surface area contributed by atoms with Gasteiger partial charge in [-0.2, -0.15) is 0 Å². The quantitative estimate of drug-likeness (QED) is 0.772. The van der Waals surface area contributed by atoms with Crippen LogP contribution < -0.4 is 0 Å². The van der Waals surface area contributed by atoms with E-state index in [1.165, 1.54) is 16.7 Å². The number of benzene rings is 1. The molecule has 13 heavy (non-hydrogen) atoms. The molecule has 0 saturated heterocycles. The number of hydrogen-bond acceptors (Lipinski definition) is 1. The zero-order valence-corrected chi connectivity index (χ0v) is 10.7. The molecule has 0 bridgehead atoms. The first-order valence-electron chi connectivity index (χ1n) is 4.03. The topological polar surface area (TPSA) is 9.23 Å². The third-order valence-electron chi connectivity index (χ3n) is 1.87. The van der Waals surface area contributed by atoms with Crippen LogP contribution in [0.25, 0.3) is 0 Å². The maximum atomic E-state index is 5.07. The minimum atomic E-state index is 0.683. The molecule has 1 aromatic carbocycles. The lowest BCUT2D eigenvalue weighted by Gasteiger charge is -2.06. The van der Waals surface area contributed by atoms with Crippen LogP contribution in [0.3, 0.4) is 0 Å². The van der Waals surface area contributed by atoms with Crippen molar-refractivity contribution >= 4 is 31.9 Å². The van der Waals surface area contributed by atoms with E-state index in [0.717, 1.165) is 10.7 Å². The Hall–Kier alpha value is 0.140. The molecular formula is C10H12Br2O. The van der Waals surface area contributed by atoms with Crippen molar-refractivity contribution in [2.45, 2.75) is 17.3 Å². The van der Waals surface area contributed by atoms with Gasteiger partial charge in [-0.3, -0.25) is 0 Å². The first-order valence-corrected chi connectivity index (χ1v) is 6.27. The Labute approximate surface area is 95.7 Å². The largest absolute Gasteiger partial charge is 0.380 e. The number of halogens is 2. The van der Waals surface area contributed by atoms with E-state index in [1.54, 1.807) is 7.11 Å². The van der Waals surface area contributed by atoms with E-state index >= 15 is 0 Å². The molecule has 0 aliphatic carbocycles. The van der Waals surface area contributed by atoms with Gasteiger partial charge in [0.15, 0.2) is 0 Å². The molecule has 0 heterocycles. The summed E-state index contributed by atoms with van der Waals surface area (Å²) in [6.45, 7) is 0.683.